The molecule has 0 spiro atoms. The van der Waals surface area contributed by atoms with Crippen molar-refractivity contribution in [2.45, 2.75) is 6.54 Å². The number of hydrogen-bond donors (Lipinski definition) is 1. The Hall–Kier alpha value is -1.56. The summed E-state index contributed by atoms with van der Waals surface area (Å²) in [6, 6.07) is 1.56. The van der Waals surface area contributed by atoms with Crippen molar-refractivity contribution in [2.75, 3.05) is 18.3 Å². The summed E-state index contributed by atoms with van der Waals surface area (Å²) in [6.45, 7) is 0.00719. The maximum atomic E-state index is 10.9. The van der Waals surface area contributed by atoms with E-state index in [9.17, 15) is 9.59 Å². The molecule has 0 aliphatic heterocycles. The lowest BCUT2D eigenvalue weighted by molar-refractivity contribution is -0.141. The predicted octanol–water partition coefficient (Wildman–Crippen LogP) is 0.233. The fourth-order valence-electron chi connectivity index (χ4n) is 0.889. The molecule has 0 aromatic carbocycles. The summed E-state index contributed by atoms with van der Waals surface area (Å²) in [5.74, 6) is -0.540. The van der Waals surface area contributed by atoms with Gasteiger partial charge in [0.05, 0.1) is 7.11 Å². The van der Waals surface area contributed by atoms with Gasteiger partial charge in [0.25, 0.3) is 0 Å². The monoisotopic (exact) mass is 231 g/mol. The molecule has 6 nitrogen and oxygen atoms in total. The van der Waals surface area contributed by atoms with Crippen LogP contribution < -0.4 is 5.32 Å². The molecule has 0 atom stereocenters. The molecule has 0 aliphatic rings. The Morgan fingerprint density at radius 3 is 3.00 bits per heavy atom. The molecule has 82 valence electrons. The van der Waals surface area contributed by atoms with Gasteiger partial charge < -0.3 is 10.1 Å². The molecule has 1 heterocycles. The summed E-state index contributed by atoms with van der Waals surface area (Å²) >= 11 is 5.29. The maximum Gasteiger partial charge on any atom is 0.327 e. The van der Waals surface area contributed by atoms with E-state index in [1.54, 1.807) is 12.3 Å². The van der Waals surface area contributed by atoms with Crippen molar-refractivity contribution in [3.63, 3.8) is 0 Å². The minimum absolute atomic E-state index is 0.00719. The van der Waals surface area contributed by atoms with Gasteiger partial charge in [0.15, 0.2) is 5.82 Å². The van der Waals surface area contributed by atoms with Crippen LogP contribution in [0.4, 0.5) is 5.82 Å². The second kappa shape index (κ2) is 5.35. The van der Waals surface area contributed by atoms with Gasteiger partial charge in [-0.05, 0) is 0 Å². The van der Waals surface area contributed by atoms with Gasteiger partial charge in [-0.1, -0.05) is 0 Å². The Kier molecular flexibility index (Phi) is 4.11. The highest BCUT2D eigenvalue weighted by Gasteiger charge is 2.06. The van der Waals surface area contributed by atoms with Crippen LogP contribution in [0, 0.1) is 0 Å². The van der Waals surface area contributed by atoms with Gasteiger partial charge in [0.2, 0.25) is 5.91 Å². The van der Waals surface area contributed by atoms with Gasteiger partial charge in [-0.15, -0.1) is 11.6 Å². The molecule has 0 radical (unpaired) electrons. The predicted molar refractivity (Wildman–Crippen MR) is 53.6 cm³/mol. The number of alkyl halides is 1. The molecule has 15 heavy (non-hydrogen) atoms. The smallest absolute Gasteiger partial charge is 0.327 e. The lowest BCUT2D eigenvalue weighted by atomic mass is 10.6. The first-order valence-electron chi connectivity index (χ1n) is 4.12. The number of rotatable bonds is 4. The third kappa shape index (κ3) is 3.59. The summed E-state index contributed by atoms with van der Waals surface area (Å²) in [5, 5.41) is 6.36. The minimum atomic E-state index is -0.409. The van der Waals surface area contributed by atoms with Crippen molar-refractivity contribution in [1.29, 1.82) is 0 Å². The first-order chi connectivity index (χ1) is 7.15. The number of nitrogens with zero attached hydrogens (tertiary/aromatic N) is 2. The molecule has 0 unspecified atom stereocenters. The quantitative estimate of drug-likeness (QED) is 0.595. The van der Waals surface area contributed by atoms with Gasteiger partial charge in [-0.2, -0.15) is 5.10 Å². The van der Waals surface area contributed by atoms with Gasteiger partial charge in [0, 0.05) is 12.3 Å². The van der Waals surface area contributed by atoms with E-state index < -0.39 is 5.97 Å². The topological polar surface area (TPSA) is 73.2 Å². The van der Waals surface area contributed by atoms with Gasteiger partial charge in [0.1, 0.15) is 12.4 Å². The van der Waals surface area contributed by atoms with Crippen molar-refractivity contribution in [1.82, 2.24) is 9.78 Å². The van der Waals surface area contributed by atoms with Gasteiger partial charge in [-0.3, -0.25) is 14.3 Å². The number of carbonyl (C=O) groups excluding carboxylic acids is 2. The average Bonchev–Trinajstić information content (AvgIpc) is 2.65. The number of nitrogens with one attached hydrogen (secondary N) is 1. The lowest BCUT2D eigenvalue weighted by Gasteiger charge is -1.99. The van der Waals surface area contributed by atoms with Crippen LogP contribution in [0.2, 0.25) is 0 Å². The van der Waals surface area contributed by atoms with E-state index in [0.717, 1.165) is 0 Å². The highest BCUT2D eigenvalue weighted by atomic mass is 35.5. The van der Waals surface area contributed by atoms with E-state index in [0.29, 0.717) is 5.82 Å². The van der Waals surface area contributed by atoms with Crippen LogP contribution in [0.3, 0.4) is 0 Å². The van der Waals surface area contributed by atoms with E-state index in [4.69, 9.17) is 11.6 Å². The normalized spacial score (nSPS) is 9.73. The van der Waals surface area contributed by atoms with Crippen molar-refractivity contribution >= 4 is 29.3 Å². The minimum Gasteiger partial charge on any atom is -0.468 e. The van der Waals surface area contributed by atoms with Gasteiger partial charge >= 0.3 is 5.97 Å². The molecule has 1 rings (SSSR count). The Balaban J connectivity index is 2.56. The number of methoxy groups -OCH3 is 1. The number of esters is 1. The second-order valence-electron chi connectivity index (χ2n) is 2.66. The van der Waals surface area contributed by atoms with Crippen LogP contribution >= 0.6 is 11.6 Å². The van der Waals surface area contributed by atoms with E-state index >= 15 is 0 Å². The third-order valence-electron chi connectivity index (χ3n) is 1.55. The Morgan fingerprint density at radius 2 is 2.40 bits per heavy atom. The maximum absolute atomic E-state index is 10.9. The van der Waals surface area contributed by atoms with Crippen LogP contribution in [-0.2, 0) is 20.9 Å². The molecule has 1 aromatic rings. The van der Waals surface area contributed by atoms with E-state index in [1.165, 1.54) is 11.8 Å². The lowest BCUT2D eigenvalue weighted by Crippen LogP contribution is -2.15. The number of aromatic nitrogens is 2. The molecular weight excluding hydrogens is 222 g/mol. The van der Waals surface area contributed by atoms with Crippen LogP contribution in [-0.4, -0.2) is 34.6 Å². The van der Waals surface area contributed by atoms with E-state index in [2.05, 4.69) is 15.2 Å². The van der Waals surface area contributed by atoms with Crippen molar-refractivity contribution in [2.24, 2.45) is 0 Å². The summed E-state index contributed by atoms with van der Waals surface area (Å²) in [5.41, 5.74) is 0. The molecule has 0 fully saturated rings. The van der Waals surface area contributed by atoms with Gasteiger partial charge in [-0.25, -0.2) is 0 Å². The zero-order valence-corrected chi connectivity index (χ0v) is 8.82. The number of ether oxygens (including phenoxy) is 1. The number of amides is 1. The number of carbonyl (C=O) groups is 2. The number of anilines is 1. The van der Waals surface area contributed by atoms with E-state index in [1.807, 2.05) is 0 Å². The summed E-state index contributed by atoms with van der Waals surface area (Å²) in [6.07, 6.45) is 1.56. The molecule has 1 aromatic heterocycles. The first-order valence-corrected chi connectivity index (χ1v) is 4.65. The SMILES string of the molecule is COC(=O)Cn1ccc(NC(=O)CCl)n1. The molecule has 0 saturated heterocycles. The molecule has 0 bridgehead atoms. The number of hydrogen-bond acceptors (Lipinski definition) is 4. The Labute approximate surface area is 91.2 Å². The molecule has 7 heteroatoms. The summed E-state index contributed by atoms with van der Waals surface area (Å²) in [4.78, 5) is 21.8. The fraction of sp³-hybridized carbons (Fsp3) is 0.375. The molecule has 0 aliphatic carbocycles. The highest BCUT2D eigenvalue weighted by molar-refractivity contribution is 6.28. The van der Waals surface area contributed by atoms with Crippen molar-refractivity contribution in [3.8, 4) is 0 Å². The van der Waals surface area contributed by atoms with Crippen molar-refractivity contribution in [3.05, 3.63) is 12.3 Å². The fourth-order valence-corrected chi connectivity index (χ4v) is 0.956. The third-order valence-corrected chi connectivity index (χ3v) is 1.79. The largest absolute Gasteiger partial charge is 0.468 e. The van der Waals surface area contributed by atoms with E-state index in [-0.39, 0.29) is 18.3 Å². The van der Waals surface area contributed by atoms with Crippen LogP contribution in [0.15, 0.2) is 12.3 Å². The average molecular weight is 232 g/mol. The number of halogens is 1. The second-order valence-corrected chi connectivity index (χ2v) is 2.92. The van der Waals surface area contributed by atoms with Crippen LogP contribution in [0.1, 0.15) is 0 Å². The first kappa shape index (κ1) is 11.5. The van der Waals surface area contributed by atoms with Crippen LogP contribution in [0.25, 0.3) is 0 Å². The zero-order valence-electron chi connectivity index (χ0n) is 8.07. The molecular formula is C8H10ClN3O3. The summed E-state index contributed by atoms with van der Waals surface area (Å²) < 4.78 is 5.81. The Bertz CT molecular complexity index is 331. The zero-order chi connectivity index (χ0) is 11.3. The van der Waals surface area contributed by atoms with Crippen molar-refractivity contribution < 1.29 is 14.3 Å². The van der Waals surface area contributed by atoms with Crippen LogP contribution in [0.5, 0.6) is 0 Å². The molecule has 1 amide bonds. The standard InChI is InChI=1S/C8H10ClN3O3/c1-15-8(14)5-12-3-2-6(11-12)10-7(13)4-9/h2-3H,4-5H2,1H3,(H,10,11,13). The molecule has 0 saturated carbocycles. The molecule has 1 N–H and O–H groups in total. The Morgan fingerprint density at radius 1 is 1.67 bits per heavy atom. The summed E-state index contributed by atoms with van der Waals surface area (Å²) in [7, 11) is 1.29. The highest BCUT2D eigenvalue weighted by Crippen LogP contribution is 2.02.